The molecule has 1 amide bonds. The molecule has 0 atom stereocenters. The molecular weight excluding hydrogens is 87.0 g/mol. The second kappa shape index (κ2) is 2.32. The van der Waals surface area contributed by atoms with Gasteiger partial charge in [-0.2, -0.15) is 5.54 Å². The second-order valence-electron chi connectivity index (χ2n) is 0.603. The number of hydrogen-bond acceptors (Lipinski definition) is 2. The van der Waals surface area contributed by atoms with Gasteiger partial charge >= 0.3 is 0 Å². The maximum atomic E-state index is 10.6. The molecule has 0 fully saturated rings. The summed E-state index contributed by atoms with van der Waals surface area (Å²) in [5.41, 5.74) is 0.733. The average molecular weight is 90.1 g/mol. The fourth-order valence-corrected chi connectivity index (χ4v) is 0.0273. The fourth-order valence-electron chi connectivity index (χ4n) is 0.0273. The van der Waals surface area contributed by atoms with Crippen molar-refractivity contribution < 1.29 is 9.28 Å². The van der Waals surface area contributed by atoms with Crippen LogP contribution in [-0.2, 0) is 4.79 Å². The first-order valence-corrected chi connectivity index (χ1v) is 1.22. The highest BCUT2D eigenvalue weighted by Crippen LogP contribution is 1.50. The molecule has 4 heteroatoms. The third-order valence-electron chi connectivity index (χ3n) is 0.224. The molecule has 0 rings (SSSR count). The van der Waals surface area contributed by atoms with Crippen molar-refractivity contribution in [3.63, 3.8) is 0 Å². The normalized spacial score (nSPS) is 6.83. The molecule has 0 aliphatic heterocycles. The van der Waals surface area contributed by atoms with Gasteiger partial charge in [-0.05, 0) is 0 Å². The highest BCUT2D eigenvalue weighted by molar-refractivity contribution is 6.24. The second-order valence-corrected chi connectivity index (χ2v) is 0.603. The van der Waals surface area contributed by atoms with E-state index in [0.717, 1.165) is 5.54 Å². The summed E-state index contributed by atoms with van der Waals surface area (Å²) in [6.07, 6.45) is 0.347. The highest BCUT2D eigenvalue weighted by atomic mass is 19.2. The van der Waals surface area contributed by atoms with Crippen molar-refractivity contribution in [2.75, 3.05) is 0 Å². The minimum Gasteiger partial charge on any atom is -0.303 e. The van der Waals surface area contributed by atoms with Crippen molar-refractivity contribution in [2.45, 2.75) is 0 Å². The number of hydrogen-bond donors (Lipinski definition) is 2. The number of rotatable bonds is 1. The largest absolute Gasteiger partial charge is 0.303 e. The van der Waals surface area contributed by atoms with E-state index in [0.29, 0.717) is 6.21 Å². The molecule has 0 aromatic heterocycles. The van der Waals surface area contributed by atoms with Crippen LogP contribution in [-0.4, -0.2) is 12.1 Å². The van der Waals surface area contributed by atoms with Gasteiger partial charge in [-0.3, -0.25) is 4.79 Å². The summed E-state index contributed by atoms with van der Waals surface area (Å²) in [5, 5.41) is 6.03. The zero-order valence-electron chi connectivity index (χ0n) is 2.86. The van der Waals surface area contributed by atoms with Gasteiger partial charge in [-0.25, -0.2) is 0 Å². The van der Waals surface area contributed by atoms with E-state index in [9.17, 15) is 9.28 Å². The van der Waals surface area contributed by atoms with Crippen LogP contribution in [0.25, 0.3) is 0 Å². The first kappa shape index (κ1) is 5.07. The number of halogens is 1. The van der Waals surface area contributed by atoms with Crippen LogP contribution in [0.3, 0.4) is 0 Å². The summed E-state index contributed by atoms with van der Waals surface area (Å²) in [4.78, 5) is 9.45. The molecule has 2 N–H and O–H groups in total. The minimum atomic E-state index is -1.03. The van der Waals surface area contributed by atoms with Gasteiger partial charge in [0.2, 0.25) is 0 Å². The van der Waals surface area contributed by atoms with Gasteiger partial charge in [0.1, 0.15) is 0 Å². The Morgan fingerprint density at radius 3 is 2.50 bits per heavy atom. The van der Waals surface area contributed by atoms with Gasteiger partial charge in [0, 0.05) is 0 Å². The summed E-state index contributed by atoms with van der Waals surface area (Å²) in [7, 11) is 0. The number of amides is 1. The summed E-state index contributed by atoms with van der Waals surface area (Å²) < 4.78 is 10.6. The maximum Gasteiger partial charge on any atom is 0.289 e. The number of carbonyl (C=O) groups excluding carboxylic acids is 1. The van der Waals surface area contributed by atoms with Crippen LogP contribution in [0.4, 0.5) is 4.48 Å². The molecule has 3 nitrogen and oxygen atoms in total. The number of nitrogens with one attached hydrogen (secondary N) is 2. The first-order valence-electron chi connectivity index (χ1n) is 1.22. The Morgan fingerprint density at radius 2 is 2.50 bits per heavy atom. The Bertz CT molecular complexity index is 71.9. The van der Waals surface area contributed by atoms with Crippen LogP contribution >= 0.6 is 0 Å². The Kier molecular flexibility index (Phi) is 1.96. The van der Waals surface area contributed by atoms with Crippen LogP contribution in [0.5, 0.6) is 0 Å². The lowest BCUT2D eigenvalue weighted by molar-refractivity contribution is -0.118. The van der Waals surface area contributed by atoms with Crippen LogP contribution in [0.15, 0.2) is 0 Å². The lowest BCUT2D eigenvalue weighted by atomic mass is 10.7. The quantitative estimate of drug-likeness (QED) is 0.335. The van der Waals surface area contributed by atoms with Gasteiger partial charge in [0.05, 0.1) is 6.21 Å². The van der Waals surface area contributed by atoms with Crippen molar-refractivity contribution in [1.82, 2.24) is 5.54 Å². The Balaban J connectivity index is 3.23. The average Bonchev–Trinajstić information content (AvgIpc) is 1.65. The Labute approximate surface area is 33.6 Å². The molecule has 0 heterocycles. The summed E-state index contributed by atoms with van der Waals surface area (Å²) in [6.45, 7) is 0. The summed E-state index contributed by atoms with van der Waals surface area (Å²) >= 11 is 0. The SMILES string of the molecule is N=CC(=O)NF. The number of carbonyl (C=O) groups is 1. The molecule has 0 aromatic rings. The van der Waals surface area contributed by atoms with E-state index in [1.165, 1.54) is 0 Å². The van der Waals surface area contributed by atoms with Crippen molar-refractivity contribution in [2.24, 2.45) is 0 Å². The topological polar surface area (TPSA) is 53.0 Å². The zero-order chi connectivity index (χ0) is 4.99. The van der Waals surface area contributed by atoms with Crippen LogP contribution in [0.1, 0.15) is 0 Å². The predicted octanol–water partition coefficient (Wildman–Crippen LogP) is -0.363. The van der Waals surface area contributed by atoms with E-state index >= 15 is 0 Å². The van der Waals surface area contributed by atoms with Crippen molar-refractivity contribution in [1.29, 1.82) is 5.41 Å². The molecule has 0 saturated carbocycles. The van der Waals surface area contributed by atoms with Crippen LogP contribution in [0.2, 0.25) is 0 Å². The predicted molar refractivity (Wildman–Crippen MR) is 18.0 cm³/mol. The summed E-state index contributed by atoms with van der Waals surface area (Å²) in [6, 6.07) is 0. The lowest BCUT2D eigenvalue weighted by Crippen LogP contribution is -2.12. The molecule has 6 heavy (non-hydrogen) atoms. The Morgan fingerprint density at radius 1 is 2.00 bits per heavy atom. The van der Waals surface area contributed by atoms with Gasteiger partial charge in [0.25, 0.3) is 5.91 Å². The molecule has 0 aromatic carbocycles. The summed E-state index contributed by atoms with van der Waals surface area (Å²) in [5.74, 6) is -1.03. The van der Waals surface area contributed by atoms with E-state index in [1.54, 1.807) is 0 Å². The zero-order valence-corrected chi connectivity index (χ0v) is 2.86. The van der Waals surface area contributed by atoms with Crippen molar-refractivity contribution in [3.8, 4) is 0 Å². The Hall–Kier alpha value is -0.930. The van der Waals surface area contributed by atoms with E-state index < -0.39 is 5.91 Å². The molecule has 0 aliphatic carbocycles. The molecule has 0 aliphatic rings. The third kappa shape index (κ3) is 1.40. The molecule has 0 spiro atoms. The van der Waals surface area contributed by atoms with Gasteiger partial charge in [-0.15, -0.1) is 0 Å². The van der Waals surface area contributed by atoms with Gasteiger partial charge in [0.15, 0.2) is 0 Å². The molecule has 0 radical (unpaired) electrons. The van der Waals surface area contributed by atoms with Crippen LogP contribution in [0, 0.1) is 5.41 Å². The van der Waals surface area contributed by atoms with E-state index in [2.05, 4.69) is 0 Å². The molecular formula is C2H3FN2O. The smallest absolute Gasteiger partial charge is 0.289 e. The molecule has 0 saturated heterocycles. The standard InChI is InChI=1S/C2H3FN2O/c3-5-2(6)1-4/h1,4H,(H,5,6). The minimum absolute atomic E-state index is 0.347. The van der Waals surface area contributed by atoms with Crippen molar-refractivity contribution in [3.05, 3.63) is 0 Å². The van der Waals surface area contributed by atoms with E-state index in [1.807, 2.05) is 0 Å². The van der Waals surface area contributed by atoms with E-state index in [4.69, 9.17) is 5.41 Å². The monoisotopic (exact) mass is 90.0 g/mol. The van der Waals surface area contributed by atoms with E-state index in [-0.39, 0.29) is 0 Å². The van der Waals surface area contributed by atoms with Crippen molar-refractivity contribution >= 4 is 12.1 Å². The maximum absolute atomic E-state index is 10.6. The van der Waals surface area contributed by atoms with Crippen LogP contribution < -0.4 is 5.54 Å². The molecule has 0 bridgehead atoms. The lowest BCUT2D eigenvalue weighted by Gasteiger charge is -1.75. The molecule has 0 unspecified atom stereocenters. The highest BCUT2D eigenvalue weighted by Gasteiger charge is 1.84. The first-order chi connectivity index (χ1) is 2.81. The third-order valence-corrected chi connectivity index (χ3v) is 0.224. The van der Waals surface area contributed by atoms with Gasteiger partial charge in [-0.1, -0.05) is 4.48 Å². The fraction of sp³-hybridized carbons (Fsp3) is 0. The molecule has 34 valence electrons. The van der Waals surface area contributed by atoms with Gasteiger partial charge < -0.3 is 5.41 Å².